The van der Waals surface area contributed by atoms with Crippen LogP contribution in [-0.2, 0) is 0 Å². The van der Waals surface area contributed by atoms with E-state index in [1.807, 2.05) is 16.8 Å². The number of nitrogens with zero attached hydrogens (tertiary/aromatic N) is 1. The Kier molecular flexibility index (Phi) is 2.32. The van der Waals surface area contributed by atoms with Crippen LogP contribution in [0.1, 0.15) is 0 Å². The van der Waals surface area contributed by atoms with E-state index in [1.54, 1.807) is 11.3 Å². The standard InChI is InChI=1S/C9H8N2O2S/c1-13-7-4-10-8(11-9(7)12)6-2-3-14-5-6/h2-5H,1H3,(H,10,11,12). The van der Waals surface area contributed by atoms with Gasteiger partial charge in [0.1, 0.15) is 5.82 Å². The van der Waals surface area contributed by atoms with E-state index < -0.39 is 0 Å². The summed E-state index contributed by atoms with van der Waals surface area (Å²) in [5.41, 5.74) is 0.651. The van der Waals surface area contributed by atoms with Crippen LogP contribution in [0.2, 0.25) is 0 Å². The summed E-state index contributed by atoms with van der Waals surface area (Å²) in [7, 11) is 1.44. The number of nitrogens with one attached hydrogen (secondary N) is 1. The van der Waals surface area contributed by atoms with E-state index >= 15 is 0 Å². The van der Waals surface area contributed by atoms with Gasteiger partial charge in [-0.1, -0.05) is 0 Å². The summed E-state index contributed by atoms with van der Waals surface area (Å²) in [5.74, 6) is 0.793. The van der Waals surface area contributed by atoms with Gasteiger partial charge in [0.2, 0.25) is 5.75 Å². The lowest BCUT2D eigenvalue weighted by Crippen LogP contribution is -2.10. The number of ether oxygens (including phenoxy) is 1. The van der Waals surface area contributed by atoms with Crippen molar-refractivity contribution < 1.29 is 4.74 Å². The lowest BCUT2D eigenvalue weighted by atomic mass is 10.3. The molecular formula is C9H8N2O2S. The summed E-state index contributed by atoms with van der Waals surface area (Å²) >= 11 is 1.56. The molecule has 0 saturated carbocycles. The lowest BCUT2D eigenvalue weighted by molar-refractivity contribution is 0.406. The van der Waals surface area contributed by atoms with Crippen LogP contribution in [0.4, 0.5) is 0 Å². The van der Waals surface area contributed by atoms with Crippen LogP contribution in [-0.4, -0.2) is 17.1 Å². The fourth-order valence-electron chi connectivity index (χ4n) is 1.07. The van der Waals surface area contributed by atoms with Gasteiger partial charge in [-0.05, 0) is 11.4 Å². The zero-order valence-corrected chi connectivity index (χ0v) is 8.30. The van der Waals surface area contributed by atoms with E-state index in [-0.39, 0.29) is 11.3 Å². The molecule has 0 fully saturated rings. The smallest absolute Gasteiger partial charge is 0.293 e. The molecule has 72 valence electrons. The lowest BCUT2D eigenvalue weighted by Gasteiger charge is -1.99. The van der Waals surface area contributed by atoms with E-state index in [0.29, 0.717) is 5.82 Å². The van der Waals surface area contributed by atoms with Gasteiger partial charge in [0.15, 0.2) is 0 Å². The Labute approximate surface area is 84.2 Å². The van der Waals surface area contributed by atoms with Gasteiger partial charge in [-0.3, -0.25) is 4.79 Å². The minimum atomic E-state index is -0.260. The molecule has 0 aromatic carbocycles. The number of thiophene rings is 1. The highest BCUT2D eigenvalue weighted by Gasteiger charge is 2.03. The molecule has 0 bridgehead atoms. The van der Waals surface area contributed by atoms with Crippen LogP contribution >= 0.6 is 11.3 Å². The van der Waals surface area contributed by atoms with Crippen molar-refractivity contribution in [1.82, 2.24) is 9.97 Å². The van der Waals surface area contributed by atoms with Crippen molar-refractivity contribution in [2.75, 3.05) is 7.11 Å². The van der Waals surface area contributed by atoms with E-state index in [4.69, 9.17) is 4.74 Å². The van der Waals surface area contributed by atoms with Gasteiger partial charge in [0.25, 0.3) is 5.56 Å². The maximum atomic E-state index is 11.3. The van der Waals surface area contributed by atoms with Crippen LogP contribution < -0.4 is 10.3 Å². The second-order valence-electron chi connectivity index (χ2n) is 2.64. The van der Waals surface area contributed by atoms with Crippen molar-refractivity contribution in [3.05, 3.63) is 33.4 Å². The van der Waals surface area contributed by atoms with Gasteiger partial charge >= 0.3 is 0 Å². The first-order chi connectivity index (χ1) is 6.81. The topological polar surface area (TPSA) is 55.0 Å². The number of hydrogen-bond acceptors (Lipinski definition) is 4. The molecular weight excluding hydrogens is 200 g/mol. The SMILES string of the molecule is COc1cnc(-c2ccsc2)[nH]c1=O. The summed E-state index contributed by atoms with van der Waals surface area (Å²) in [5, 5.41) is 3.85. The highest BCUT2D eigenvalue weighted by molar-refractivity contribution is 7.08. The first-order valence-electron chi connectivity index (χ1n) is 3.97. The van der Waals surface area contributed by atoms with Crippen LogP contribution in [0.3, 0.4) is 0 Å². The van der Waals surface area contributed by atoms with Crippen molar-refractivity contribution in [2.24, 2.45) is 0 Å². The highest BCUT2D eigenvalue weighted by Crippen LogP contribution is 2.16. The molecule has 0 unspecified atom stereocenters. The molecule has 0 aliphatic carbocycles. The predicted octanol–water partition coefficient (Wildman–Crippen LogP) is 1.51. The summed E-state index contributed by atoms with van der Waals surface area (Å²) in [6.45, 7) is 0. The maximum absolute atomic E-state index is 11.3. The Morgan fingerprint density at radius 1 is 1.57 bits per heavy atom. The Hall–Kier alpha value is -1.62. The zero-order valence-electron chi connectivity index (χ0n) is 7.48. The first kappa shape index (κ1) is 8.96. The summed E-state index contributed by atoms with van der Waals surface area (Å²) in [6, 6.07) is 1.90. The third-order valence-electron chi connectivity index (χ3n) is 1.78. The fraction of sp³-hybridized carbons (Fsp3) is 0.111. The molecule has 4 nitrogen and oxygen atoms in total. The molecule has 0 amide bonds. The summed E-state index contributed by atoms with van der Waals surface area (Å²) in [4.78, 5) is 18.1. The Balaban J connectivity index is 2.48. The molecule has 0 atom stereocenters. The quantitative estimate of drug-likeness (QED) is 0.813. The summed E-state index contributed by atoms with van der Waals surface area (Å²) < 4.78 is 4.81. The van der Waals surface area contributed by atoms with Crippen molar-refractivity contribution in [3.8, 4) is 17.1 Å². The van der Waals surface area contributed by atoms with Crippen LogP contribution in [0.15, 0.2) is 27.8 Å². The van der Waals surface area contributed by atoms with Gasteiger partial charge in [-0.25, -0.2) is 4.98 Å². The predicted molar refractivity (Wildman–Crippen MR) is 54.7 cm³/mol. The Morgan fingerprint density at radius 2 is 2.43 bits per heavy atom. The average molecular weight is 208 g/mol. The molecule has 2 heterocycles. The van der Waals surface area contributed by atoms with Crippen molar-refractivity contribution in [3.63, 3.8) is 0 Å². The van der Waals surface area contributed by atoms with Gasteiger partial charge < -0.3 is 9.72 Å². The molecule has 0 radical (unpaired) electrons. The largest absolute Gasteiger partial charge is 0.490 e. The molecule has 1 N–H and O–H groups in total. The highest BCUT2D eigenvalue weighted by atomic mass is 32.1. The van der Waals surface area contributed by atoms with Crippen LogP contribution in [0.5, 0.6) is 5.75 Å². The molecule has 0 spiro atoms. The van der Waals surface area contributed by atoms with Crippen molar-refractivity contribution >= 4 is 11.3 Å². The normalized spacial score (nSPS) is 10.1. The average Bonchev–Trinajstić information content (AvgIpc) is 2.70. The molecule has 2 aromatic heterocycles. The first-order valence-corrected chi connectivity index (χ1v) is 4.91. The molecule has 5 heteroatoms. The van der Waals surface area contributed by atoms with E-state index in [2.05, 4.69) is 9.97 Å². The zero-order chi connectivity index (χ0) is 9.97. The number of aromatic nitrogens is 2. The van der Waals surface area contributed by atoms with E-state index in [9.17, 15) is 4.79 Å². The maximum Gasteiger partial charge on any atom is 0.293 e. The summed E-state index contributed by atoms with van der Waals surface area (Å²) in [6.07, 6.45) is 1.42. The molecule has 0 saturated heterocycles. The third-order valence-corrected chi connectivity index (χ3v) is 2.46. The minimum absolute atomic E-state index is 0.226. The molecule has 2 rings (SSSR count). The van der Waals surface area contributed by atoms with Gasteiger partial charge in [-0.2, -0.15) is 11.3 Å². The second kappa shape index (κ2) is 3.63. The Morgan fingerprint density at radius 3 is 3.00 bits per heavy atom. The number of methoxy groups -OCH3 is 1. The van der Waals surface area contributed by atoms with Gasteiger partial charge in [0, 0.05) is 10.9 Å². The van der Waals surface area contributed by atoms with Crippen LogP contribution in [0.25, 0.3) is 11.4 Å². The van der Waals surface area contributed by atoms with E-state index in [0.717, 1.165) is 5.56 Å². The molecule has 14 heavy (non-hydrogen) atoms. The molecule has 0 aliphatic heterocycles. The van der Waals surface area contributed by atoms with Crippen molar-refractivity contribution in [2.45, 2.75) is 0 Å². The number of H-pyrrole nitrogens is 1. The minimum Gasteiger partial charge on any atom is -0.490 e. The number of aromatic amines is 1. The third kappa shape index (κ3) is 1.54. The molecule has 2 aromatic rings. The van der Waals surface area contributed by atoms with Gasteiger partial charge in [0.05, 0.1) is 13.3 Å². The second-order valence-corrected chi connectivity index (χ2v) is 3.42. The Bertz CT molecular complexity index is 476. The monoisotopic (exact) mass is 208 g/mol. The fourth-order valence-corrected chi connectivity index (χ4v) is 1.72. The molecule has 0 aliphatic rings. The van der Waals surface area contributed by atoms with Gasteiger partial charge in [-0.15, -0.1) is 0 Å². The van der Waals surface area contributed by atoms with Crippen LogP contribution in [0, 0.1) is 0 Å². The van der Waals surface area contributed by atoms with Crippen molar-refractivity contribution in [1.29, 1.82) is 0 Å². The number of rotatable bonds is 2. The van der Waals surface area contributed by atoms with E-state index in [1.165, 1.54) is 13.3 Å². The number of hydrogen-bond donors (Lipinski definition) is 1.